The zero-order valence-corrected chi connectivity index (χ0v) is 30.3. The Morgan fingerprint density at radius 2 is 0.976 bits per heavy atom. The molecule has 0 amide bonds. The normalized spacial score (nSPS) is 18.7. The fraction of sp³-hybridized carbons (Fsp3) is 0.263. The molecule has 6 rings (SSSR count). The minimum absolute atomic E-state index is 0.154. The van der Waals surface area contributed by atoms with E-state index in [1.807, 2.05) is 0 Å². The van der Waals surface area contributed by atoms with Gasteiger partial charge in [0.2, 0.25) is 0 Å². The summed E-state index contributed by atoms with van der Waals surface area (Å²) in [7, 11) is 17.0. The van der Waals surface area contributed by atoms with Gasteiger partial charge in [-0.3, -0.25) is 0 Å². The van der Waals surface area contributed by atoms with E-state index in [4.69, 9.17) is 17.0 Å². The van der Waals surface area contributed by atoms with Gasteiger partial charge in [0.25, 0.3) is 0 Å². The van der Waals surface area contributed by atoms with E-state index in [1.165, 1.54) is 55.7 Å². The van der Waals surface area contributed by atoms with Gasteiger partial charge < -0.3 is 0 Å². The maximum absolute atomic E-state index is 8.52. The van der Waals surface area contributed by atoms with Gasteiger partial charge in [0.05, 0.1) is 0 Å². The fourth-order valence-electron chi connectivity index (χ4n) is 7.75. The zero-order valence-electron chi connectivity index (χ0n) is 25.2. The fourth-order valence-corrected chi connectivity index (χ4v) is 39.5. The van der Waals surface area contributed by atoms with Crippen molar-refractivity contribution in [2.75, 3.05) is 0 Å². The molecule has 0 nitrogen and oxygen atoms in total. The van der Waals surface area contributed by atoms with E-state index >= 15 is 0 Å². The molecule has 2 unspecified atom stereocenters. The summed E-state index contributed by atoms with van der Waals surface area (Å²) in [6.45, 7) is 9.49. The molecule has 42 heavy (non-hydrogen) atoms. The van der Waals surface area contributed by atoms with Crippen LogP contribution in [0.4, 0.5) is 0 Å². The van der Waals surface area contributed by atoms with Gasteiger partial charge >= 0.3 is 263 Å². The summed E-state index contributed by atoms with van der Waals surface area (Å²) in [5.41, 5.74) is 13.9. The third-order valence-electron chi connectivity index (χ3n) is 9.98. The number of halogens is 2. The van der Waals surface area contributed by atoms with E-state index in [-0.39, 0.29) is 7.25 Å². The van der Waals surface area contributed by atoms with Crippen molar-refractivity contribution >= 4 is 35.1 Å². The van der Waals surface area contributed by atoms with E-state index in [1.54, 1.807) is 0 Å². The van der Waals surface area contributed by atoms with Gasteiger partial charge in [-0.1, -0.05) is 0 Å². The number of benzene rings is 4. The molecule has 2 aliphatic carbocycles. The molecule has 0 saturated heterocycles. The Bertz CT molecular complexity index is 1550. The molecule has 215 valence electrons. The number of allylic oxidation sites excluding steroid dienone is 2. The molecule has 4 aromatic carbocycles. The summed E-state index contributed by atoms with van der Waals surface area (Å²) in [6, 6.07) is 35.4. The van der Waals surface area contributed by atoms with E-state index in [0.29, 0.717) is 0 Å². The molecule has 0 saturated carbocycles. The molecule has 0 spiro atoms. The van der Waals surface area contributed by atoms with Gasteiger partial charge in [0.1, 0.15) is 0 Å². The Kier molecular flexibility index (Phi) is 8.49. The molecule has 2 aliphatic rings. The molecule has 0 aromatic heterocycles. The summed E-state index contributed by atoms with van der Waals surface area (Å²) in [5, 5.41) is 0. The van der Waals surface area contributed by atoms with Crippen LogP contribution in [0, 0.1) is 0 Å². The van der Waals surface area contributed by atoms with Crippen LogP contribution in [0.15, 0.2) is 108 Å². The standard InChI is InChI=1S/2C18H17.C2H7Si.2ClH.Zr/c2*1-2-14-11-16-9-6-10-17(18(16)13-14)12-15-7-4-3-5-8-15;1-3-2;;;/h2*3-11,13H,2,12H2,1H3;3H,1-2H3;2*1H;/q;;;;;+2/p-2. The third kappa shape index (κ3) is 5.01. The molecule has 0 bridgehead atoms. The van der Waals surface area contributed by atoms with Gasteiger partial charge in [-0.15, -0.1) is 0 Å². The van der Waals surface area contributed by atoms with Gasteiger partial charge in [-0.2, -0.15) is 0 Å². The van der Waals surface area contributed by atoms with E-state index in [2.05, 4.69) is 136 Å². The van der Waals surface area contributed by atoms with Crippen LogP contribution < -0.4 is 0 Å². The van der Waals surface area contributed by atoms with Crippen molar-refractivity contribution in [1.29, 1.82) is 0 Å². The molecular weight excluding hydrogens is 647 g/mol. The first-order chi connectivity index (χ1) is 20.3. The van der Waals surface area contributed by atoms with E-state index in [0.717, 1.165) is 25.7 Å². The second-order valence-electron chi connectivity index (χ2n) is 12.6. The summed E-state index contributed by atoms with van der Waals surface area (Å²) in [4.78, 5) is 0. The average Bonchev–Trinajstić information content (AvgIpc) is 3.59. The monoisotopic (exact) mass is 685 g/mol. The third-order valence-corrected chi connectivity index (χ3v) is 61.8. The number of rotatable bonds is 9. The van der Waals surface area contributed by atoms with Gasteiger partial charge in [-0.25, -0.2) is 0 Å². The second kappa shape index (κ2) is 11.9. The molecule has 4 heteroatoms. The Morgan fingerprint density at radius 1 is 0.571 bits per heavy atom. The van der Waals surface area contributed by atoms with Crippen LogP contribution >= 0.6 is 17.0 Å². The van der Waals surface area contributed by atoms with Crippen molar-refractivity contribution in [2.24, 2.45) is 0 Å². The van der Waals surface area contributed by atoms with Crippen LogP contribution in [0.2, 0.25) is 13.1 Å². The Hall–Kier alpha value is -1.96. The summed E-state index contributed by atoms with van der Waals surface area (Å²) >= 11 is -4.68. The molecule has 4 aromatic rings. The minimum atomic E-state index is -4.68. The van der Waals surface area contributed by atoms with Gasteiger partial charge in [0, 0.05) is 0 Å². The molecular formula is C38H41Cl2SiZr. The summed E-state index contributed by atoms with van der Waals surface area (Å²) < 4.78 is 0.307. The van der Waals surface area contributed by atoms with Crippen molar-refractivity contribution < 1.29 is 15.6 Å². The Balaban J connectivity index is 1.50. The quantitative estimate of drug-likeness (QED) is 0.154. The SMILES string of the molecule is CCC1=Cc2c(Cc3ccccc3)cccc2[CH]1[Zr]([Cl])([Cl])([CH]1C(CC)=Cc2c(Cc3ccccc3)cccc21)[SiH](C)C. The maximum atomic E-state index is 8.52. The van der Waals surface area contributed by atoms with Crippen LogP contribution in [0.5, 0.6) is 0 Å². The van der Waals surface area contributed by atoms with Crippen LogP contribution in [0.25, 0.3) is 12.2 Å². The number of fused-ring (bicyclic) bond motifs is 2. The van der Waals surface area contributed by atoms with Crippen molar-refractivity contribution in [3.8, 4) is 0 Å². The molecule has 0 N–H and O–H groups in total. The van der Waals surface area contributed by atoms with Crippen molar-refractivity contribution in [2.45, 2.75) is 59.9 Å². The predicted octanol–water partition coefficient (Wildman–Crippen LogP) is 11.2. The van der Waals surface area contributed by atoms with Crippen molar-refractivity contribution in [3.05, 3.63) is 153 Å². The molecule has 0 aliphatic heterocycles. The molecule has 0 heterocycles. The first-order valence-corrected chi connectivity index (χ1v) is 31.9. The second-order valence-corrected chi connectivity index (χ2v) is 55.1. The Labute approximate surface area is 261 Å². The van der Waals surface area contributed by atoms with Gasteiger partial charge in [-0.05, 0) is 0 Å². The van der Waals surface area contributed by atoms with E-state index in [9.17, 15) is 0 Å². The van der Waals surface area contributed by atoms with Crippen LogP contribution in [-0.2, 0) is 28.4 Å². The predicted molar refractivity (Wildman–Crippen MR) is 184 cm³/mol. The molecule has 0 radical (unpaired) electrons. The first-order valence-electron chi connectivity index (χ1n) is 15.6. The van der Waals surface area contributed by atoms with Crippen LogP contribution in [0.3, 0.4) is 0 Å². The number of hydrogen-bond acceptors (Lipinski definition) is 0. The zero-order chi connectivity index (χ0) is 29.5. The summed E-state index contributed by atoms with van der Waals surface area (Å²) in [5.74, 6) is -1.55. The first kappa shape index (κ1) is 30.1. The van der Waals surface area contributed by atoms with Crippen molar-refractivity contribution in [1.82, 2.24) is 0 Å². The summed E-state index contributed by atoms with van der Waals surface area (Å²) in [6.07, 6.45) is 8.76. The topological polar surface area (TPSA) is 0 Å². The average molecular weight is 688 g/mol. The van der Waals surface area contributed by atoms with Gasteiger partial charge in [0.15, 0.2) is 0 Å². The number of hydrogen-bond donors (Lipinski definition) is 0. The van der Waals surface area contributed by atoms with Crippen LogP contribution in [0.1, 0.15) is 78.4 Å². The molecule has 2 atom stereocenters. The van der Waals surface area contributed by atoms with E-state index < -0.39 is 21.5 Å². The molecule has 0 fully saturated rings. The Morgan fingerprint density at radius 3 is 1.33 bits per heavy atom. The van der Waals surface area contributed by atoms with Crippen LogP contribution in [-0.4, -0.2) is 5.92 Å². The van der Waals surface area contributed by atoms with Crippen molar-refractivity contribution in [3.63, 3.8) is 0 Å².